The maximum absolute atomic E-state index is 3.47. The SMILES string of the molecule is CC.CN1CC2(CCCNC2)C1. The minimum absolute atomic E-state index is 0.688. The Kier molecular flexibility index (Phi) is 3.53. The Balaban J connectivity index is 0.000000336. The molecular weight excluding hydrogens is 148 g/mol. The molecule has 2 rings (SSSR count). The number of nitrogens with zero attached hydrogens (tertiary/aromatic N) is 1. The molecule has 1 spiro atoms. The molecule has 0 aromatic rings. The van der Waals surface area contributed by atoms with Crippen molar-refractivity contribution in [2.45, 2.75) is 26.7 Å². The lowest BCUT2D eigenvalue weighted by Gasteiger charge is -2.51. The van der Waals surface area contributed by atoms with Gasteiger partial charge in [0.2, 0.25) is 0 Å². The van der Waals surface area contributed by atoms with Crippen LogP contribution >= 0.6 is 0 Å². The molecular formula is C10H22N2. The quantitative estimate of drug-likeness (QED) is 0.590. The maximum Gasteiger partial charge on any atom is 0.00825 e. The predicted octanol–water partition coefficient (Wildman–Crippen LogP) is 1.33. The average Bonchev–Trinajstić information content (AvgIpc) is 2.08. The van der Waals surface area contributed by atoms with E-state index in [1.54, 1.807) is 0 Å². The molecule has 0 aromatic heterocycles. The average molecular weight is 170 g/mol. The molecule has 0 unspecified atom stereocenters. The first-order valence-corrected chi connectivity index (χ1v) is 5.20. The highest BCUT2D eigenvalue weighted by molar-refractivity contribution is 4.96. The van der Waals surface area contributed by atoms with Gasteiger partial charge in [-0.15, -0.1) is 0 Å². The van der Waals surface area contributed by atoms with Gasteiger partial charge in [-0.1, -0.05) is 13.8 Å². The Morgan fingerprint density at radius 1 is 1.25 bits per heavy atom. The fourth-order valence-corrected chi connectivity index (χ4v) is 2.40. The van der Waals surface area contributed by atoms with E-state index < -0.39 is 0 Å². The summed E-state index contributed by atoms with van der Waals surface area (Å²) >= 11 is 0. The summed E-state index contributed by atoms with van der Waals surface area (Å²) in [5.74, 6) is 0. The molecule has 2 saturated heterocycles. The van der Waals surface area contributed by atoms with E-state index in [9.17, 15) is 0 Å². The van der Waals surface area contributed by atoms with Crippen molar-refractivity contribution in [3.63, 3.8) is 0 Å². The molecule has 2 heterocycles. The maximum atomic E-state index is 3.47. The van der Waals surface area contributed by atoms with E-state index in [1.807, 2.05) is 13.8 Å². The van der Waals surface area contributed by atoms with Gasteiger partial charge >= 0.3 is 0 Å². The smallest absolute Gasteiger partial charge is 0.00825 e. The van der Waals surface area contributed by atoms with E-state index in [1.165, 1.54) is 39.0 Å². The van der Waals surface area contributed by atoms with Gasteiger partial charge in [-0.2, -0.15) is 0 Å². The van der Waals surface area contributed by atoms with Crippen LogP contribution in [0.15, 0.2) is 0 Å². The third kappa shape index (κ3) is 1.99. The van der Waals surface area contributed by atoms with Crippen LogP contribution in [0.3, 0.4) is 0 Å². The summed E-state index contributed by atoms with van der Waals surface area (Å²) in [5, 5.41) is 3.47. The van der Waals surface area contributed by atoms with Crippen molar-refractivity contribution in [1.29, 1.82) is 0 Å². The molecule has 72 valence electrons. The summed E-state index contributed by atoms with van der Waals surface area (Å²) < 4.78 is 0. The third-order valence-electron chi connectivity index (χ3n) is 2.77. The number of nitrogens with one attached hydrogen (secondary N) is 1. The van der Waals surface area contributed by atoms with Crippen LogP contribution in [0.5, 0.6) is 0 Å². The second-order valence-electron chi connectivity index (χ2n) is 3.95. The van der Waals surface area contributed by atoms with Crippen LogP contribution in [0.4, 0.5) is 0 Å². The van der Waals surface area contributed by atoms with Gasteiger partial charge in [0.05, 0.1) is 0 Å². The van der Waals surface area contributed by atoms with Gasteiger partial charge in [-0.3, -0.25) is 0 Å². The first kappa shape index (κ1) is 10.0. The number of piperidine rings is 1. The van der Waals surface area contributed by atoms with Gasteiger partial charge in [0.15, 0.2) is 0 Å². The molecule has 2 fully saturated rings. The Bertz CT molecular complexity index is 112. The molecule has 0 amide bonds. The molecule has 1 N–H and O–H groups in total. The van der Waals surface area contributed by atoms with Crippen molar-refractivity contribution in [3.8, 4) is 0 Å². The minimum Gasteiger partial charge on any atom is -0.316 e. The van der Waals surface area contributed by atoms with Crippen molar-refractivity contribution < 1.29 is 0 Å². The molecule has 2 nitrogen and oxygen atoms in total. The second kappa shape index (κ2) is 4.24. The molecule has 0 radical (unpaired) electrons. The van der Waals surface area contributed by atoms with Crippen molar-refractivity contribution in [1.82, 2.24) is 10.2 Å². The molecule has 0 aliphatic carbocycles. The highest BCUT2D eigenvalue weighted by Gasteiger charge is 2.41. The Labute approximate surface area is 76.3 Å². The van der Waals surface area contributed by atoms with Gasteiger partial charge in [0.25, 0.3) is 0 Å². The monoisotopic (exact) mass is 170 g/mol. The lowest BCUT2D eigenvalue weighted by molar-refractivity contribution is 0.00201. The normalized spacial score (nSPS) is 27.2. The zero-order valence-electron chi connectivity index (χ0n) is 8.69. The van der Waals surface area contributed by atoms with Crippen molar-refractivity contribution in [3.05, 3.63) is 0 Å². The molecule has 2 aliphatic heterocycles. The summed E-state index contributed by atoms with van der Waals surface area (Å²) in [4.78, 5) is 2.41. The molecule has 0 atom stereocenters. The topological polar surface area (TPSA) is 15.3 Å². The highest BCUT2D eigenvalue weighted by Crippen LogP contribution is 2.34. The lowest BCUT2D eigenvalue weighted by atomic mass is 9.74. The number of likely N-dealkylation sites (tertiary alicyclic amines) is 1. The Morgan fingerprint density at radius 3 is 2.33 bits per heavy atom. The number of rotatable bonds is 0. The molecule has 0 saturated carbocycles. The molecule has 2 heteroatoms. The summed E-state index contributed by atoms with van der Waals surface area (Å²) in [6, 6.07) is 0. The third-order valence-corrected chi connectivity index (χ3v) is 2.77. The second-order valence-corrected chi connectivity index (χ2v) is 3.95. The first-order chi connectivity index (χ1) is 5.81. The van der Waals surface area contributed by atoms with Crippen LogP contribution < -0.4 is 5.32 Å². The van der Waals surface area contributed by atoms with E-state index in [2.05, 4.69) is 17.3 Å². The largest absolute Gasteiger partial charge is 0.316 e. The lowest BCUT2D eigenvalue weighted by Crippen LogP contribution is -2.60. The van der Waals surface area contributed by atoms with Gasteiger partial charge in [0.1, 0.15) is 0 Å². The van der Waals surface area contributed by atoms with Gasteiger partial charge < -0.3 is 10.2 Å². The number of hydrogen-bond acceptors (Lipinski definition) is 2. The van der Waals surface area contributed by atoms with E-state index in [0.29, 0.717) is 5.41 Å². The van der Waals surface area contributed by atoms with E-state index in [4.69, 9.17) is 0 Å². The first-order valence-electron chi connectivity index (χ1n) is 5.20. The molecule has 2 aliphatic rings. The highest BCUT2D eigenvalue weighted by atomic mass is 15.2. The van der Waals surface area contributed by atoms with E-state index >= 15 is 0 Å². The number of hydrogen-bond donors (Lipinski definition) is 1. The predicted molar refractivity (Wildman–Crippen MR) is 53.4 cm³/mol. The molecule has 12 heavy (non-hydrogen) atoms. The minimum atomic E-state index is 0.688. The summed E-state index contributed by atoms with van der Waals surface area (Å²) in [5.41, 5.74) is 0.688. The zero-order valence-corrected chi connectivity index (χ0v) is 8.69. The zero-order chi connectivity index (χ0) is 9.03. The van der Waals surface area contributed by atoms with Gasteiger partial charge in [-0.05, 0) is 26.4 Å². The Morgan fingerprint density at radius 2 is 1.92 bits per heavy atom. The van der Waals surface area contributed by atoms with E-state index in [-0.39, 0.29) is 0 Å². The van der Waals surface area contributed by atoms with Crippen LogP contribution in [0.2, 0.25) is 0 Å². The van der Waals surface area contributed by atoms with Crippen LogP contribution in [0.25, 0.3) is 0 Å². The van der Waals surface area contributed by atoms with Gasteiger partial charge in [-0.25, -0.2) is 0 Å². The van der Waals surface area contributed by atoms with Crippen molar-refractivity contribution in [2.24, 2.45) is 5.41 Å². The fraction of sp³-hybridized carbons (Fsp3) is 1.00. The van der Waals surface area contributed by atoms with Crippen LogP contribution in [0, 0.1) is 5.41 Å². The van der Waals surface area contributed by atoms with Gasteiger partial charge in [0, 0.05) is 25.0 Å². The molecule has 0 bridgehead atoms. The van der Waals surface area contributed by atoms with Crippen molar-refractivity contribution >= 4 is 0 Å². The van der Waals surface area contributed by atoms with Crippen LogP contribution in [-0.2, 0) is 0 Å². The van der Waals surface area contributed by atoms with Crippen molar-refractivity contribution in [2.75, 3.05) is 33.2 Å². The fourth-order valence-electron chi connectivity index (χ4n) is 2.40. The standard InChI is InChI=1S/C8H16N2.C2H6/c1-10-6-8(7-10)3-2-4-9-5-8;1-2/h9H,2-7H2,1H3;1-2H3. The summed E-state index contributed by atoms with van der Waals surface area (Å²) in [6.07, 6.45) is 2.83. The summed E-state index contributed by atoms with van der Waals surface area (Å²) in [6.45, 7) is 9.14. The van der Waals surface area contributed by atoms with E-state index in [0.717, 1.165) is 0 Å². The van der Waals surface area contributed by atoms with Crippen LogP contribution in [-0.4, -0.2) is 38.1 Å². The van der Waals surface area contributed by atoms with Crippen LogP contribution in [0.1, 0.15) is 26.7 Å². The Hall–Kier alpha value is -0.0800. The summed E-state index contributed by atoms with van der Waals surface area (Å²) in [7, 11) is 2.21. The molecule has 0 aromatic carbocycles.